The molecule has 1 N–H and O–H groups in total. The lowest BCUT2D eigenvalue weighted by Gasteiger charge is -2.22. The van der Waals surface area contributed by atoms with Crippen molar-refractivity contribution in [1.82, 2.24) is 5.23 Å². The molecule has 56 valence electrons. The van der Waals surface area contributed by atoms with Gasteiger partial charge in [0.1, 0.15) is 0 Å². The van der Waals surface area contributed by atoms with Crippen molar-refractivity contribution in [3.63, 3.8) is 0 Å². The van der Waals surface area contributed by atoms with E-state index in [4.69, 9.17) is 10.1 Å². The Morgan fingerprint density at radius 2 is 1.78 bits per heavy atom. The summed E-state index contributed by atoms with van der Waals surface area (Å²) in [5, 5.41) is 8.89. The Morgan fingerprint density at radius 1 is 1.33 bits per heavy atom. The normalized spacial score (nSPS) is 12.7. The molecule has 0 bridgehead atoms. The zero-order valence-corrected chi connectivity index (χ0v) is 6.21. The van der Waals surface area contributed by atoms with Crippen LogP contribution in [0.2, 0.25) is 0 Å². The molecule has 0 saturated carbocycles. The molecule has 0 aliphatic rings. The third kappa shape index (κ3) is 5.72. The highest BCUT2D eigenvalue weighted by Gasteiger charge is 2.13. The van der Waals surface area contributed by atoms with Gasteiger partial charge < -0.3 is 0 Å². The molecule has 0 rings (SSSR count). The van der Waals surface area contributed by atoms with Gasteiger partial charge in [0.2, 0.25) is 0 Å². The highest BCUT2D eigenvalue weighted by molar-refractivity contribution is 4.55. The highest BCUT2D eigenvalue weighted by atomic mass is 17.3. The van der Waals surface area contributed by atoms with Crippen LogP contribution in [-0.4, -0.2) is 23.1 Å². The van der Waals surface area contributed by atoms with Gasteiger partial charge in [0.25, 0.3) is 0 Å². The summed E-state index contributed by atoms with van der Waals surface area (Å²) < 4.78 is 0. The van der Waals surface area contributed by atoms with E-state index in [2.05, 4.69) is 4.99 Å². The van der Waals surface area contributed by atoms with Gasteiger partial charge in [-0.2, -0.15) is 0 Å². The van der Waals surface area contributed by atoms with Crippen molar-refractivity contribution >= 4 is 0 Å². The summed E-state index contributed by atoms with van der Waals surface area (Å²) in [4.78, 5) is 8.69. The molecule has 0 radical (unpaired) electrons. The van der Waals surface area contributed by atoms with E-state index in [1.54, 1.807) is 0 Å². The van der Waals surface area contributed by atoms with Gasteiger partial charge in [-0.25, -0.2) is 5.26 Å². The number of hydroxylamine groups is 2. The Kier molecular flexibility index (Phi) is 3.07. The van der Waals surface area contributed by atoms with E-state index in [0.29, 0.717) is 0 Å². The molecule has 0 unspecified atom stereocenters. The number of hydrogen-bond donors (Lipinski definition) is 1. The summed E-state index contributed by atoms with van der Waals surface area (Å²) in [6.07, 6.45) is 0. The Morgan fingerprint density at radius 3 is 1.89 bits per heavy atom. The monoisotopic (exact) mass is 135 g/mol. The lowest BCUT2D eigenvalue weighted by atomic mass is 10.2. The van der Waals surface area contributed by atoms with Gasteiger partial charge >= 0.3 is 0 Å². The molecule has 0 aromatic heterocycles. The van der Waals surface area contributed by atoms with Crippen molar-refractivity contribution in [3.05, 3.63) is 0 Å². The molecule has 0 aliphatic carbocycles. The van der Waals surface area contributed by atoms with E-state index >= 15 is 0 Å². The van der Waals surface area contributed by atoms with Gasteiger partial charge in [-0.1, -0.05) is 0 Å². The van der Waals surface area contributed by atoms with Crippen LogP contribution in [0.3, 0.4) is 0 Å². The number of hydrogen-bond acceptors (Lipinski definition) is 4. The largest absolute Gasteiger partial charge is 0.266 e. The lowest BCUT2D eigenvalue weighted by molar-refractivity contribution is -0.512. The molecule has 0 heterocycles. The third-order valence-electron chi connectivity index (χ3n) is 0.517. The minimum atomic E-state index is -0.336. The summed E-state index contributed by atoms with van der Waals surface area (Å²) in [7, 11) is 1.46. The molecule has 0 aromatic rings. The molecule has 0 aromatic carbocycles. The zero-order chi connectivity index (χ0) is 7.49. The average Bonchev–Trinajstić information content (AvgIpc) is 1.62. The first-order chi connectivity index (χ1) is 3.95. The van der Waals surface area contributed by atoms with E-state index < -0.39 is 0 Å². The molecular formula is C5H13NO3. The fraction of sp³-hybridized carbons (Fsp3) is 1.00. The van der Waals surface area contributed by atoms with Crippen molar-refractivity contribution < 1.29 is 15.1 Å². The number of rotatable bonds is 2. The van der Waals surface area contributed by atoms with Crippen LogP contribution in [0.4, 0.5) is 0 Å². The first-order valence-electron chi connectivity index (χ1n) is 2.70. The predicted octanol–water partition coefficient (Wildman–Crippen LogP) is 1.05. The minimum absolute atomic E-state index is 0.336. The van der Waals surface area contributed by atoms with Crippen molar-refractivity contribution in [2.45, 2.75) is 26.4 Å². The van der Waals surface area contributed by atoms with Crippen LogP contribution in [0.25, 0.3) is 0 Å². The van der Waals surface area contributed by atoms with E-state index in [0.717, 1.165) is 5.23 Å². The van der Waals surface area contributed by atoms with Crippen LogP contribution in [0.5, 0.6) is 0 Å². The summed E-state index contributed by atoms with van der Waals surface area (Å²) in [5.74, 6) is 0. The molecule has 0 fully saturated rings. The molecular weight excluding hydrogens is 122 g/mol. The maximum Gasteiger partial charge on any atom is 0.0843 e. The van der Waals surface area contributed by atoms with Crippen molar-refractivity contribution in [2.75, 3.05) is 7.05 Å². The Labute approximate surface area is 54.8 Å². The van der Waals surface area contributed by atoms with Crippen molar-refractivity contribution in [3.8, 4) is 0 Å². The van der Waals surface area contributed by atoms with Crippen molar-refractivity contribution in [1.29, 1.82) is 0 Å². The standard InChI is InChI=1S/C5H13NO3/c1-5(2,3)8-6(4)9-7/h7H,1-4H3. The molecule has 0 spiro atoms. The van der Waals surface area contributed by atoms with Crippen LogP contribution in [-0.2, 0) is 9.83 Å². The van der Waals surface area contributed by atoms with Gasteiger partial charge in [0.05, 0.1) is 5.60 Å². The van der Waals surface area contributed by atoms with E-state index in [9.17, 15) is 0 Å². The summed E-state index contributed by atoms with van der Waals surface area (Å²) in [6, 6.07) is 0. The summed E-state index contributed by atoms with van der Waals surface area (Å²) in [6.45, 7) is 5.55. The molecule has 0 aliphatic heterocycles. The van der Waals surface area contributed by atoms with Gasteiger partial charge in [-0.05, 0) is 26.0 Å². The van der Waals surface area contributed by atoms with Crippen LogP contribution in [0, 0.1) is 0 Å². The Hall–Kier alpha value is -0.160. The van der Waals surface area contributed by atoms with Gasteiger partial charge in [-0.15, -0.1) is 4.99 Å². The second-order valence-electron chi connectivity index (χ2n) is 2.72. The van der Waals surface area contributed by atoms with E-state index in [-0.39, 0.29) is 5.60 Å². The Bertz CT molecular complexity index is 78.8. The quantitative estimate of drug-likeness (QED) is 0.454. The first kappa shape index (κ1) is 8.84. The molecule has 9 heavy (non-hydrogen) atoms. The zero-order valence-electron chi connectivity index (χ0n) is 6.21. The maximum absolute atomic E-state index is 8.00. The number of nitrogens with zero attached hydrogens (tertiary/aromatic N) is 1. The molecule has 0 atom stereocenters. The molecule has 4 nitrogen and oxygen atoms in total. The highest BCUT2D eigenvalue weighted by Crippen LogP contribution is 2.07. The van der Waals surface area contributed by atoms with Crippen LogP contribution in [0.15, 0.2) is 0 Å². The predicted molar refractivity (Wildman–Crippen MR) is 32.3 cm³/mol. The second-order valence-corrected chi connectivity index (χ2v) is 2.72. The molecule has 4 heteroatoms. The summed E-state index contributed by atoms with van der Waals surface area (Å²) in [5.41, 5.74) is -0.336. The van der Waals surface area contributed by atoms with E-state index in [1.807, 2.05) is 20.8 Å². The van der Waals surface area contributed by atoms with Gasteiger partial charge in [-0.3, -0.25) is 4.84 Å². The van der Waals surface area contributed by atoms with Crippen LogP contribution < -0.4 is 0 Å². The average molecular weight is 135 g/mol. The lowest BCUT2D eigenvalue weighted by Crippen LogP contribution is -2.30. The fourth-order valence-electron chi connectivity index (χ4n) is 0.402. The van der Waals surface area contributed by atoms with Gasteiger partial charge in [0.15, 0.2) is 0 Å². The van der Waals surface area contributed by atoms with Crippen LogP contribution in [0.1, 0.15) is 20.8 Å². The second kappa shape index (κ2) is 3.12. The minimum Gasteiger partial charge on any atom is -0.266 e. The third-order valence-corrected chi connectivity index (χ3v) is 0.517. The molecule has 0 amide bonds. The molecule has 0 saturated heterocycles. The SMILES string of the molecule is CN(OO)OC(C)(C)C. The van der Waals surface area contributed by atoms with Gasteiger partial charge in [0, 0.05) is 7.05 Å². The van der Waals surface area contributed by atoms with Crippen LogP contribution >= 0.6 is 0 Å². The van der Waals surface area contributed by atoms with Crippen molar-refractivity contribution in [2.24, 2.45) is 0 Å². The fourth-order valence-corrected chi connectivity index (χ4v) is 0.402. The topological polar surface area (TPSA) is 41.9 Å². The summed E-state index contributed by atoms with van der Waals surface area (Å²) >= 11 is 0. The Balaban J connectivity index is 3.47. The smallest absolute Gasteiger partial charge is 0.0843 e. The maximum atomic E-state index is 8.00. The van der Waals surface area contributed by atoms with E-state index in [1.165, 1.54) is 7.05 Å². The first-order valence-corrected chi connectivity index (χ1v) is 2.70.